The van der Waals surface area contributed by atoms with E-state index >= 15 is 0 Å². The first-order valence-electron chi connectivity index (χ1n) is 8.82. The Labute approximate surface area is 166 Å². The number of benzene rings is 1. The molecule has 2 atom stereocenters. The fourth-order valence-electron chi connectivity index (χ4n) is 3.20. The van der Waals surface area contributed by atoms with Crippen LogP contribution in [-0.4, -0.2) is 41.6 Å². The highest BCUT2D eigenvalue weighted by molar-refractivity contribution is 9.10. The zero-order valence-corrected chi connectivity index (χ0v) is 16.6. The smallest absolute Gasteiger partial charge is 0.410 e. The predicted molar refractivity (Wildman–Crippen MR) is 103 cm³/mol. The van der Waals surface area contributed by atoms with Crippen LogP contribution in [0.1, 0.15) is 24.1 Å². The standard InChI is InChI=1S/C20H21BrN2O4/c1-2-26-19(24)18-12-23(11-17(18)14-6-8-15(21)9-7-14)20(25)27-13-16-5-3-4-10-22-16/h3-10,17-18H,2,11-13H2,1H3/t17-,18+/m1/s1. The minimum atomic E-state index is -0.449. The number of nitrogens with zero attached hydrogens (tertiary/aromatic N) is 2. The van der Waals surface area contributed by atoms with Crippen LogP contribution in [0.25, 0.3) is 0 Å². The largest absolute Gasteiger partial charge is 0.466 e. The van der Waals surface area contributed by atoms with Gasteiger partial charge in [-0.1, -0.05) is 34.1 Å². The van der Waals surface area contributed by atoms with E-state index in [1.807, 2.05) is 30.3 Å². The van der Waals surface area contributed by atoms with Gasteiger partial charge in [0.1, 0.15) is 6.61 Å². The first-order valence-corrected chi connectivity index (χ1v) is 9.61. The number of esters is 1. The molecular formula is C20H21BrN2O4. The van der Waals surface area contributed by atoms with Crippen molar-refractivity contribution in [1.82, 2.24) is 9.88 Å². The minimum absolute atomic E-state index is 0.100. The second-order valence-corrected chi connectivity index (χ2v) is 7.21. The molecule has 1 fully saturated rings. The van der Waals surface area contributed by atoms with Gasteiger partial charge in [-0.2, -0.15) is 0 Å². The number of amides is 1. The van der Waals surface area contributed by atoms with E-state index in [-0.39, 0.29) is 25.0 Å². The fraction of sp³-hybridized carbons (Fsp3) is 0.350. The molecule has 0 radical (unpaired) electrons. The first-order chi connectivity index (χ1) is 13.1. The lowest BCUT2D eigenvalue weighted by Gasteiger charge is -2.17. The van der Waals surface area contributed by atoms with Crippen molar-refractivity contribution in [2.24, 2.45) is 5.92 Å². The maximum Gasteiger partial charge on any atom is 0.410 e. The van der Waals surface area contributed by atoms with Gasteiger partial charge in [-0.3, -0.25) is 9.78 Å². The summed E-state index contributed by atoms with van der Waals surface area (Å²) in [5.74, 6) is -0.821. The van der Waals surface area contributed by atoms with E-state index in [4.69, 9.17) is 9.47 Å². The molecule has 1 aromatic heterocycles. The third-order valence-corrected chi connectivity index (χ3v) is 5.06. The Morgan fingerprint density at radius 3 is 2.59 bits per heavy atom. The molecule has 27 heavy (non-hydrogen) atoms. The van der Waals surface area contributed by atoms with Crippen molar-refractivity contribution in [2.45, 2.75) is 19.4 Å². The van der Waals surface area contributed by atoms with Gasteiger partial charge in [0.05, 0.1) is 18.2 Å². The predicted octanol–water partition coefficient (Wildman–Crippen LogP) is 3.76. The number of rotatable bonds is 5. The van der Waals surface area contributed by atoms with E-state index < -0.39 is 12.0 Å². The molecule has 1 aliphatic heterocycles. The summed E-state index contributed by atoms with van der Waals surface area (Å²) in [5.41, 5.74) is 1.67. The summed E-state index contributed by atoms with van der Waals surface area (Å²) in [6, 6.07) is 13.2. The van der Waals surface area contributed by atoms with Gasteiger partial charge in [0.15, 0.2) is 0 Å². The minimum Gasteiger partial charge on any atom is -0.466 e. The number of pyridine rings is 1. The zero-order valence-electron chi connectivity index (χ0n) is 15.0. The van der Waals surface area contributed by atoms with Crippen molar-refractivity contribution in [3.05, 3.63) is 64.4 Å². The summed E-state index contributed by atoms with van der Waals surface area (Å²) in [6.07, 6.45) is 1.20. The van der Waals surface area contributed by atoms with Crippen molar-refractivity contribution in [1.29, 1.82) is 0 Å². The molecule has 0 bridgehead atoms. The van der Waals surface area contributed by atoms with Crippen LogP contribution in [0.3, 0.4) is 0 Å². The molecule has 6 nitrogen and oxygen atoms in total. The number of likely N-dealkylation sites (tertiary alicyclic amines) is 1. The van der Waals surface area contributed by atoms with Crippen LogP contribution in [-0.2, 0) is 20.9 Å². The van der Waals surface area contributed by atoms with Gasteiger partial charge >= 0.3 is 12.1 Å². The Hall–Kier alpha value is -2.41. The van der Waals surface area contributed by atoms with Crippen molar-refractivity contribution in [3.8, 4) is 0 Å². The number of hydrogen-bond acceptors (Lipinski definition) is 5. The molecule has 1 amide bonds. The van der Waals surface area contributed by atoms with Crippen LogP contribution in [0.2, 0.25) is 0 Å². The van der Waals surface area contributed by atoms with Gasteiger partial charge in [0.25, 0.3) is 0 Å². The lowest BCUT2D eigenvalue weighted by molar-refractivity contribution is -0.147. The lowest BCUT2D eigenvalue weighted by Crippen LogP contribution is -2.30. The molecule has 0 aliphatic carbocycles. The van der Waals surface area contributed by atoms with E-state index in [1.54, 1.807) is 30.2 Å². The Morgan fingerprint density at radius 1 is 1.15 bits per heavy atom. The average molecular weight is 433 g/mol. The van der Waals surface area contributed by atoms with Crippen LogP contribution in [0.15, 0.2) is 53.1 Å². The number of ether oxygens (including phenoxy) is 2. The summed E-state index contributed by atoms with van der Waals surface area (Å²) in [4.78, 5) is 30.6. The molecular weight excluding hydrogens is 412 g/mol. The van der Waals surface area contributed by atoms with Crippen molar-refractivity contribution in [3.63, 3.8) is 0 Å². The third kappa shape index (κ3) is 4.86. The zero-order chi connectivity index (χ0) is 19.2. The van der Waals surface area contributed by atoms with Crippen molar-refractivity contribution < 1.29 is 19.1 Å². The summed E-state index contributed by atoms with van der Waals surface area (Å²) in [7, 11) is 0. The molecule has 0 N–H and O–H groups in total. The Kier molecular flexibility index (Phi) is 6.45. The summed E-state index contributed by atoms with van der Waals surface area (Å²) >= 11 is 3.42. The maximum atomic E-state index is 12.5. The normalized spacial score (nSPS) is 19.0. The van der Waals surface area contributed by atoms with Gasteiger partial charge in [0, 0.05) is 29.7 Å². The third-order valence-electron chi connectivity index (χ3n) is 4.54. The van der Waals surface area contributed by atoms with E-state index in [0.29, 0.717) is 18.8 Å². The van der Waals surface area contributed by atoms with E-state index in [0.717, 1.165) is 10.0 Å². The lowest BCUT2D eigenvalue weighted by atomic mass is 9.89. The second kappa shape index (κ2) is 8.99. The fourth-order valence-corrected chi connectivity index (χ4v) is 3.46. The Balaban J connectivity index is 1.70. The topological polar surface area (TPSA) is 68.7 Å². The first kappa shape index (κ1) is 19.4. The molecule has 2 aromatic rings. The molecule has 0 unspecified atom stereocenters. The summed E-state index contributed by atoms with van der Waals surface area (Å²) < 4.78 is 11.6. The van der Waals surface area contributed by atoms with Gasteiger partial charge in [-0.25, -0.2) is 4.79 Å². The Bertz CT molecular complexity index is 782. The summed E-state index contributed by atoms with van der Waals surface area (Å²) in [6.45, 7) is 2.88. The van der Waals surface area contributed by atoms with Crippen LogP contribution in [0.5, 0.6) is 0 Å². The number of hydrogen-bond donors (Lipinski definition) is 0. The second-order valence-electron chi connectivity index (χ2n) is 6.30. The summed E-state index contributed by atoms with van der Waals surface area (Å²) in [5, 5.41) is 0. The molecule has 1 saturated heterocycles. The maximum absolute atomic E-state index is 12.5. The number of aromatic nitrogens is 1. The SMILES string of the molecule is CCOC(=O)[C@H]1CN(C(=O)OCc2ccccn2)C[C@@H]1c1ccc(Br)cc1. The van der Waals surface area contributed by atoms with Crippen LogP contribution in [0.4, 0.5) is 4.79 Å². The monoisotopic (exact) mass is 432 g/mol. The highest BCUT2D eigenvalue weighted by Gasteiger charge is 2.41. The van der Waals surface area contributed by atoms with Crippen LogP contribution >= 0.6 is 15.9 Å². The van der Waals surface area contributed by atoms with Crippen molar-refractivity contribution in [2.75, 3.05) is 19.7 Å². The van der Waals surface area contributed by atoms with Gasteiger partial charge < -0.3 is 14.4 Å². The van der Waals surface area contributed by atoms with Crippen molar-refractivity contribution >= 4 is 28.0 Å². The molecule has 3 rings (SSSR count). The molecule has 0 saturated carbocycles. The van der Waals surface area contributed by atoms with Gasteiger partial charge in [-0.05, 0) is 36.8 Å². The van der Waals surface area contributed by atoms with E-state index in [1.165, 1.54) is 0 Å². The quantitative estimate of drug-likeness (QED) is 0.672. The molecule has 142 valence electrons. The van der Waals surface area contributed by atoms with Gasteiger partial charge in [-0.15, -0.1) is 0 Å². The van der Waals surface area contributed by atoms with Crippen LogP contribution < -0.4 is 0 Å². The molecule has 2 heterocycles. The molecule has 0 spiro atoms. The number of carbonyl (C=O) groups excluding carboxylic acids is 2. The van der Waals surface area contributed by atoms with Gasteiger partial charge in [0.2, 0.25) is 0 Å². The number of halogens is 1. The Morgan fingerprint density at radius 2 is 1.93 bits per heavy atom. The average Bonchev–Trinajstić information content (AvgIpc) is 3.13. The van der Waals surface area contributed by atoms with E-state index in [2.05, 4.69) is 20.9 Å². The molecule has 1 aromatic carbocycles. The molecule has 1 aliphatic rings. The molecule has 7 heteroatoms. The number of carbonyl (C=O) groups is 2. The van der Waals surface area contributed by atoms with E-state index in [9.17, 15) is 9.59 Å². The highest BCUT2D eigenvalue weighted by Crippen LogP contribution is 2.34. The van der Waals surface area contributed by atoms with Crippen LogP contribution in [0, 0.1) is 5.92 Å². The highest BCUT2D eigenvalue weighted by atomic mass is 79.9.